The van der Waals surface area contributed by atoms with E-state index in [-0.39, 0.29) is 0 Å². The molecule has 1 aromatic carbocycles. The van der Waals surface area contributed by atoms with E-state index in [2.05, 4.69) is 22.2 Å². The molecule has 2 nitrogen and oxygen atoms in total. The van der Waals surface area contributed by atoms with E-state index in [1.807, 2.05) is 29.6 Å². The van der Waals surface area contributed by atoms with Crippen LogP contribution in [0.15, 0.2) is 41.9 Å². The Hall–Kier alpha value is -1.74. The van der Waals surface area contributed by atoms with Crippen LogP contribution in [0.25, 0.3) is 21.5 Å². The number of hydrogen-bond donors (Lipinski definition) is 0. The standard InChI is InChI=1S/C12H7N2S/c1-2-4-10-8-14-11(7-9(10)3-1)12-13-5-6-15-12/h1-7H. The number of nitrogens with zero attached hydrogens (tertiary/aromatic N) is 2. The summed E-state index contributed by atoms with van der Waals surface area (Å²) < 4.78 is 0. The normalized spacial score (nSPS) is 10.7. The van der Waals surface area contributed by atoms with Crippen LogP contribution in [-0.2, 0) is 0 Å². The molecule has 71 valence electrons. The molecule has 0 saturated carbocycles. The first-order valence-electron chi connectivity index (χ1n) is 4.61. The summed E-state index contributed by atoms with van der Waals surface area (Å²) in [4.78, 5) is 8.50. The molecule has 0 bridgehead atoms. The molecule has 0 saturated heterocycles. The highest BCUT2D eigenvalue weighted by Crippen LogP contribution is 2.22. The number of fused-ring (bicyclic) bond motifs is 1. The Morgan fingerprint density at radius 2 is 2.13 bits per heavy atom. The average Bonchev–Trinajstić information content (AvgIpc) is 2.82. The molecule has 0 aliphatic heterocycles. The maximum Gasteiger partial charge on any atom is 0.141 e. The maximum absolute atomic E-state index is 4.27. The number of aromatic nitrogens is 2. The minimum absolute atomic E-state index is 0.892. The minimum atomic E-state index is 0.892. The van der Waals surface area contributed by atoms with E-state index in [0.29, 0.717) is 0 Å². The van der Waals surface area contributed by atoms with Crippen LogP contribution in [0.5, 0.6) is 0 Å². The van der Waals surface area contributed by atoms with Crippen molar-refractivity contribution in [3.63, 3.8) is 0 Å². The van der Waals surface area contributed by atoms with E-state index in [0.717, 1.165) is 21.5 Å². The Balaban J connectivity index is 2.22. The van der Waals surface area contributed by atoms with Gasteiger partial charge in [-0.05, 0) is 11.5 Å². The Kier molecular flexibility index (Phi) is 1.96. The number of benzene rings is 1. The van der Waals surface area contributed by atoms with Crippen LogP contribution >= 0.6 is 11.3 Å². The largest absolute Gasteiger partial charge is 0.243 e. The lowest BCUT2D eigenvalue weighted by molar-refractivity contribution is 1.30. The van der Waals surface area contributed by atoms with Crippen molar-refractivity contribution in [1.29, 1.82) is 0 Å². The van der Waals surface area contributed by atoms with Gasteiger partial charge < -0.3 is 0 Å². The fraction of sp³-hybridized carbons (Fsp3) is 0. The Morgan fingerprint density at radius 1 is 1.20 bits per heavy atom. The molecule has 0 atom stereocenters. The van der Waals surface area contributed by atoms with Crippen LogP contribution in [0.4, 0.5) is 0 Å². The molecule has 0 aliphatic rings. The SMILES string of the molecule is [c]1nc(-c2nccs2)cc2ccccc12. The van der Waals surface area contributed by atoms with Crippen LogP contribution in [-0.4, -0.2) is 9.97 Å². The first kappa shape index (κ1) is 8.56. The van der Waals surface area contributed by atoms with Crippen LogP contribution in [0, 0.1) is 6.20 Å². The molecule has 3 rings (SSSR count). The summed E-state index contributed by atoms with van der Waals surface area (Å²) in [5.74, 6) is 0. The fourth-order valence-electron chi connectivity index (χ4n) is 1.48. The summed E-state index contributed by atoms with van der Waals surface area (Å²) >= 11 is 1.59. The third-order valence-corrected chi connectivity index (χ3v) is 3.00. The van der Waals surface area contributed by atoms with E-state index in [9.17, 15) is 0 Å². The van der Waals surface area contributed by atoms with E-state index < -0.39 is 0 Å². The van der Waals surface area contributed by atoms with Crippen molar-refractivity contribution < 1.29 is 0 Å². The highest BCUT2D eigenvalue weighted by Gasteiger charge is 2.02. The molecule has 1 radical (unpaired) electrons. The summed E-state index contributed by atoms with van der Waals surface area (Å²) in [5.41, 5.74) is 0.892. The van der Waals surface area contributed by atoms with Crippen molar-refractivity contribution >= 4 is 22.1 Å². The molecule has 2 heterocycles. The zero-order valence-electron chi connectivity index (χ0n) is 7.84. The zero-order valence-corrected chi connectivity index (χ0v) is 8.66. The van der Waals surface area contributed by atoms with Crippen molar-refractivity contribution in [2.45, 2.75) is 0 Å². The first-order chi connectivity index (χ1) is 7.43. The smallest absolute Gasteiger partial charge is 0.141 e. The van der Waals surface area contributed by atoms with Gasteiger partial charge in [0.15, 0.2) is 0 Å². The lowest BCUT2D eigenvalue weighted by atomic mass is 10.1. The quantitative estimate of drug-likeness (QED) is 0.618. The molecule has 0 amide bonds. The lowest BCUT2D eigenvalue weighted by Crippen LogP contribution is -1.83. The van der Waals surface area contributed by atoms with E-state index >= 15 is 0 Å². The second-order valence-electron chi connectivity index (χ2n) is 3.18. The van der Waals surface area contributed by atoms with E-state index in [1.165, 1.54) is 0 Å². The van der Waals surface area contributed by atoms with Gasteiger partial charge in [0.1, 0.15) is 10.7 Å². The van der Waals surface area contributed by atoms with E-state index in [4.69, 9.17) is 0 Å². The van der Waals surface area contributed by atoms with Crippen molar-refractivity contribution in [2.24, 2.45) is 0 Å². The van der Waals surface area contributed by atoms with Crippen LogP contribution in [0.3, 0.4) is 0 Å². The summed E-state index contributed by atoms with van der Waals surface area (Å²) in [6, 6.07) is 10.1. The second-order valence-corrected chi connectivity index (χ2v) is 4.07. The molecule has 2 aromatic heterocycles. The first-order valence-corrected chi connectivity index (χ1v) is 5.49. The summed E-state index contributed by atoms with van der Waals surface area (Å²) in [6.07, 6.45) is 4.81. The molecule has 3 aromatic rings. The van der Waals surface area contributed by atoms with Crippen molar-refractivity contribution in [3.05, 3.63) is 48.1 Å². The van der Waals surface area contributed by atoms with Gasteiger partial charge in [-0.25, -0.2) is 9.97 Å². The molecule has 0 fully saturated rings. The Labute approximate surface area is 91.2 Å². The molecule has 0 aliphatic carbocycles. The molecule has 15 heavy (non-hydrogen) atoms. The predicted molar refractivity (Wildman–Crippen MR) is 61.7 cm³/mol. The highest BCUT2D eigenvalue weighted by molar-refractivity contribution is 7.13. The van der Waals surface area contributed by atoms with Gasteiger partial charge in [-0.3, -0.25) is 0 Å². The zero-order chi connectivity index (χ0) is 10.1. The Bertz CT molecular complexity index is 587. The maximum atomic E-state index is 4.27. The number of rotatable bonds is 1. The third kappa shape index (κ3) is 1.51. The van der Waals surface area contributed by atoms with Gasteiger partial charge in [0.2, 0.25) is 0 Å². The van der Waals surface area contributed by atoms with Gasteiger partial charge in [0, 0.05) is 17.0 Å². The number of pyridine rings is 1. The third-order valence-electron chi connectivity index (χ3n) is 2.20. The van der Waals surface area contributed by atoms with Gasteiger partial charge in [-0.1, -0.05) is 24.3 Å². The molecular formula is C12H7N2S. The number of thiazole rings is 1. The summed E-state index contributed by atoms with van der Waals surface area (Å²) in [7, 11) is 0. The lowest BCUT2D eigenvalue weighted by Gasteiger charge is -1.98. The Morgan fingerprint density at radius 3 is 3.00 bits per heavy atom. The van der Waals surface area contributed by atoms with Gasteiger partial charge >= 0.3 is 0 Å². The molecule has 0 N–H and O–H groups in total. The van der Waals surface area contributed by atoms with Gasteiger partial charge in [0.05, 0.1) is 6.20 Å². The van der Waals surface area contributed by atoms with Gasteiger partial charge in [0.25, 0.3) is 0 Å². The van der Waals surface area contributed by atoms with Crippen molar-refractivity contribution in [3.8, 4) is 10.7 Å². The predicted octanol–water partition coefficient (Wildman–Crippen LogP) is 3.16. The van der Waals surface area contributed by atoms with Crippen molar-refractivity contribution in [1.82, 2.24) is 9.97 Å². The molecular weight excluding hydrogens is 204 g/mol. The fourth-order valence-corrected chi connectivity index (χ4v) is 2.08. The summed E-state index contributed by atoms with van der Waals surface area (Å²) in [6.45, 7) is 0. The van der Waals surface area contributed by atoms with E-state index in [1.54, 1.807) is 17.5 Å². The van der Waals surface area contributed by atoms with Crippen molar-refractivity contribution in [2.75, 3.05) is 0 Å². The topological polar surface area (TPSA) is 25.8 Å². The summed E-state index contributed by atoms with van der Waals surface area (Å²) in [5, 5.41) is 5.08. The van der Waals surface area contributed by atoms with Crippen LogP contribution in [0.2, 0.25) is 0 Å². The second kappa shape index (κ2) is 3.44. The average molecular weight is 211 g/mol. The van der Waals surface area contributed by atoms with Crippen LogP contribution < -0.4 is 0 Å². The number of hydrogen-bond acceptors (Lipinski definition) is 3. The monoisotopic (exact) mass is 211 g/mol. The van der Waals surface area contributed by atoms with Gasteiger partial charge in [-0.15, -0.1) is 11.3 Å². The minimum Gasteiger partial charge on any atom is -0.243 e. The van der Waals surface area contributed by atoms with Gasteiger partial charge in [-0.2, -0.15) is 0 Å². The highest BCUT2D eigenvalue weighted by atomic mass is 32.1. The molecule has 0 spiro atoms. The van der Waals surface area contributed by atoms with Crippen LogP contribution in [0.1, 0.15) is 0 Å². The molecule has 0 unspecified atom stereocenters. The molecule has 3 heteroatoms.